The molecule has 10 nitrogen and oxygen atoms in total. The van der Waals surface area contributed by atoms with E-state index in [4.69, 9.17) is 4.74 Å². The first-order valence-electron chi connectivity index (χ1n) is 13.7. The maximum atomic E-state index is 14.0. The molecule has 0 saturated carbocycles. The molecule has 1 aromatic carbocycles. The van der Waals surface area contributed by atoms with Gasteiger partial charge in [-0.05, 0) is 76.4 Å². The van der Waals surface area contributed by atoms with E-state index in [1.807, 2.05) is 19.2 Å². The van der Waals surface area contributed by atoms with Gasteiger partial charge in [0.25, 0.3) is 5.91 Å². The van der Waals surface area contributed by atoms with E-state index < -0.39 is 33.7 Å². The van der Waals surface area contributed by atoms with Crippen molar-refractivity contribution < 1.29 is 31.1 Å². The number of aromatic nitrogens is 2. The molecule has 1 aliphatic heterocycles. The summed E-state index contributed by atoms with van der Waals surface area (Å²) in [6, 6.07) is 4.31. The number of likely N-dealkylation sites (tertiary alicyclic amines) is 1. The molecular formula is C28H37F3N6O4S. The van der Waals surface area contributed by atoms with Crippen LogP contribution in [0.15, 0.2) is 36.5 Å². The van der Waals surface area contributed by atoms with E-state index in [1.165, 1.54) is 18.5 Å². The molecule has 14 heteroatoms. The number of hydrogen-bond donors (Lipinski definition) is 2. The van der Waals surface area contributed by atoms with Gasteiger partial charge in [0.1, 0.15) is 5.75 Å². The molecule has 42 heavy (non-hydrogen) atoms. The van der Waals surface area contributed by atoms with Crippen LogP contribution >= 0.6 is 0 Å². The highest BCUT2D eigenvalue weighted by Gasteiger charge is 2.38. The highest BCUT2D eigenvalue weighted by atomic mass is 32.2. The molecule has 0 radical (unpaired) electrons. The second kappa shape index (κ2) is 13.0. The largest absolute Gasteiger partial charge is 0.495 e. The number of ether oxygens (including phenoxy) is 1. The zero-order valence-electron chi connectivity index (χ0n) is 24.1. The van der Waals surface area contributed by atoms with Crippen LogP contribution in [0.3, 0.4) is 0 Å². The Labute approximate surface area is 244 Å². The summed E-state index contributed by atoms with van der Waals surface area (Å²) >= 11 is 0. The molecule has 2 aromatic rings. The Bertz CT molecular complexity index is 1410. The van der Waals surface area contributed by atoms with Crippen LogP contribution in [0.2, 0.25) is 0 Å². The summed E-state index contributed by atoms with van der Waals surface area (Å²) < 4.78 is 72.9. The third-order valence-corrected chi connectivity index (χ3v) is 9.23. The van der Waals surface area contributed by atoms with Gasteiger partial charge in [0.15, 0.2) is 0 Å². The zero-order valence-corrected chi connectivity index (χ0v) is 24.9. The van der Waals surface area contributed by atoms with Crippen molar-refractivity contribution in [1.29, 1.82) is 0 Å². The molecular weight excluding hydrogens is 573 g/mol. The second-order valence-corrected chi connectivity index (χ2v) is 12.9. The molecule has 0 unspecified atom stereocenters. The lowest BCUT2D eigenvalue weighted by molar-refractivity contribution is -0.138. The number of rotatable bonds is 9. The first kappa shape index (κ1) is 31.7. The summed E-state index contributed by atoms with van der Waals surface area (Å²) in [5, 5.41) is 5.96. The molecule has 2 heterocycles. The van der Waals surface area contributed by atoms with Crippen LogP contribution in [0.1, 0.15) is 47.3 Å². The maximum absolute atomic E-state index is 14.0. The van der Waals surface area contributed by atoms with Crippen LogP contribution in [-0.4, -0.2) is 86.1 Å². The van der Waals surface area contributed by atoms with E-state index in [2.05, 4.69) is 25.5 Å². The Kier molecular flexibility index (Phi) is 9.78. The average molecular weight is 611 g/mol. The number of nitrogens with one attached hydrogen (secondary N) is 2. The van der Waals surface area contributed by atoms with E-state index >= 15 is 0 Å². The van der Waals surface area contributed by atoms with Gasteiger partial charge in [0.05, 0.1) is 30.3 Å². The van der Waals surface area contributed by atoms with Crippen molar-refractivity contribution in [1.82, 2.24) is 24.5 Å². The lowest BCUT2D eigenvalue weighted by Gasteiger charge is -2.34. The van der Waals surface area contributed by atoms with Crippen LogP contribution in [0.5, 0.6) is 5.75 Å². The number of amides is 1. The Balaban J connectivity index is 1.56. The summed E-state index contributed by atoms with van der Waals surface area (Å²) in [4.78, 5) is 23.2. The number of sulfonamides is 1. The topological polar surface area (TPSA) is 117 Å². The molecule has 2 atom stereocenters. The van der Waals surface area contributed by atoms with Gasteiger partial charge in [-0.2, -0.15) is 13.2 Å². The van der Waals surface area contributed by atoms with Gasteiger partial charge in [-0.3, -0.25) is 4.79 Å². The van der Waals surface area contributed by atoms with Crippen LogP contribution in [0, 0.1) is 5.92 Å². The van der Waals surface area contributed by atoms with Gasteiger partial charge in [-0.15, -0.1) is 0 Å². The Morgan fingerprint density at radius 2 is 1.88 bits per heavy atom. The van der Waals surface area contributed by atoms with Crippen LogP contribution in [0.25, 0.3) is 0 Å². The molecule has 230 valence electrons. The number of allylic oxidation sites excluding steroid dienone is 1. The van der Waals surface area contributed by atoms with Gasteiger partial charge < -0.3 is 20.3 Å². The minimum Gasteiger partial charge on any atom is -0.495 e. The number of hydrogen-bond acceptors (Lipinski definition) is 8. The number of alkyl halides is 3. The highest BCUT2D eigenvalue weighted by molar-refractivity contribution is 7.88. The maximum Gasteiger partial charge on any atom is 0.419 e. The standard InChI is InChI=1S/C28H37F3N6O4S/c1-36-13-11-20(12-14-36)33-26(38)19-9-10-22(25(16-19)41-3)34-27-32-17-21(28(29,30)31)23(35-27)15-18-7-5-6-8-24(18)37(2)42(4,39)40/h5-6,9-10,16-18,20,24H,7-8,11-15H2,1-4H3,(H,33,38)(H,32,34,35)/t18-,24+/m0/s1. The van der Waals surface area contributed by atoms with Crippen molar-refractivity contribution in [3.05, 3.63) is 53.4 Å². The second-order valence-electron chi connectivity index (χ2n) is 10.9. The average Bonchev–Trinajstić information content (AvgIpc) is 2.93. The number of benzene rings is 1. The first-order chi connectivity index (χ1) is 19.8. The SMILES string of the molecule is COc1cc(C(=O)NC2CCN(C)CC2)ccc1Nc1ncc(C(F)(F)F)c(C[C@@H]2CC=CC[C@H]2N(C)S(C)(=O)=O)n1. The summed E-state index contributed by atoms with van der Waals surface area (Å²) in [7, 11) is 1.35. The smallest absolute Gasteiger partial charge is 0.419 e. The predicted molar refractivity (Wildman–Crippen MR) is 153 cm³/mol. The van der Waals surface area contributed by atoms with Gasteiger partial charge in [-0.1, -0.05) is 12.2 Å². The van der Waals surface area contributed by atoms with Crippen LogP contribution < -0.4 is 15.4 Å². The van der Waals surface area contributed by atoms with E-state index in [-0.39, 0.29) is 30.0 Å². The molecule has 1 amide bonds. The third-order valence-electron chi connectivity index (χ3n) is 7.91. The number of piperidine rings is 1. The van der Waals surface area contributed by atoms with E-state index in [1.54, 1.807) is 18.2 Å². The monoisotopic (exact) mass is 610 g/mol. The highest BCUT2D eigenvalue weighted by Crippen LogP contribution is 2.36. The van der Waals surface area contributed by atoms with Gasteiger partial charge in [0.2, 0.25) is 16.0 Å². The molecule has 1 fully saturated rings. The number of anilines is 2. The Hall–Kier alpha value is -3.23. The number of carbonyl (C=O) groups excluding carboxylic acids is 1. The van der Waals surface area contributed by atoms with E-state index in [0.29, 0.717) is 29.8 Å². The minimum atomic E-state index is -4.70. The van der Waals surface area contributed by atoms with Crippen molar-refractivity contribution in [2.45, 2.75) is 50.4 Å². The summed E-state index contributed by atoms with van der Waals surface area (Å²) in [6.07, 6.45) is 3.20. The number of halogens is 3. The Morgan fingerprint density at radius 1 is 1.19 bits per heavy atom. The molecule has 2 N–H and O–H groups in total. The van der Waals surface area contributed by atoms with Crippen LogP contribution in [0.4, 0.5) is 24.8 Å². The van der Waals surface area contributed by atoms with Gasteiger partial charge in [0, 0.05) is 30.9 Å². The molecule has 1 aliphatic carbocycles. The summed E-state index contributed by atoms with van der Waals surface area (Å²) in [5.41, 5.74) is -0.456. The van der Waals surface area contributed by atoms with Crippen molar-refractivity contribution in [3.63, 3.8) is 0 Å². The quantitative estimate of drug-likeness (QED) is 0.412. The fourth-order valence-electron chi connectivity index (χ4n) is 5.36. The van der Waals surface area contributed by atoms with E-state index in [9.17, 15) is 26.4 Å². The number of carbonyl (C=O) groups is 1. The van der Waals surface area contributed by atoms with Crippen molar-refractivity contribution >= 4 is 27.6 Å². The van der Waals surface area contributed by atoms with Crippen molar-refractivity contribution in [2.24, 2.45) is 5.92 Å². The molecule has 4 rings (SSSR count). The van der Waals surface area contributed by atoms with Crippen LogP contribution in [-0.2, 0) is 22.6 Å². The Morgan fingerprint density at radius 3 is 2.52 bits per heavy atom. The molecule has 1 aromatic heterocycles. The molecule has 2 aliphatic rings. The van der Waals surface area contributed by atoms with Gasteiger partial charge in [-0.25, -0.2) is 22.7 Å². The predicted octanol–water partition coefficient (Wildman–Crippen LogP) is 3.84. The van der Waals surface area contributed by atoms with Crippen molar-refractivity contribution in [3.8, 4) is 5.75 Å². The van der Waals surface area contributed by atoms with Gasteiger partial charge >= 0.3 is 6.18 Å². The number of methoxy groups -OCH3 is 1. The van der Waals surface area contributed by atoms with E-state index in [0.717, 1.165) is 38.4 Å². The first-order valence-corrected chi connectivity index (χ1v) is 15.6. The summed E-state index contributed by atoms with van der Waals surface area (Å²) in [6.45, 7) is 1.80. The lowest BCUT2D eigenvalue weighted by Crippen LogP contribution is -2.43. The minimum absolute atomic E-state index is 0.0768. The fourth-order valence-corrected chi connectivity index (χ4v) is 6.11. The molecule has 1 saturated heterocycles. The summed E-state index contributed by atoms with van der Waals surface area (Å²) in [5.74, 6) is -0.449. The zero-order chi connectivity index (χ0) is 30.7. The molecule has 0 bridgehead atoms. The number of nitrogens with zero attached hydrogens (tertiary/aromatic N) is 4. The van der Waals surface area contributed by atoms with Crippen molar-refractivity contribution in [2.75, 3.05) is 45.9 Å². The third kappa shape index (κ3) is 7.78. The molecule has 0 spiro atoms. The lowest BCUT2D eigenvalue weighted by atomic mass is 9.85. The normalized spacial score (nSPS) is 20.5. The fraction of sp³-hybridized carbons (Fsp3) is 0.536.